The van der Waals surface area contributed by atoms with Crippen molar-refractivity contribution in [2.75, 3.05) is 0 Å². The van der Waals surface area contributed by atoms with Gasteiger partial charge < -0.3 is 9.11 Å². The minimum absolute atomic E-state index is 0. The van der Waals surface area contributed by atoms with Crippen molar-refractivity contribution in [1.82, 2.24) is 0 Å². The molecule has 0 atom stereocenters. The minimum Gasteiger partial charge on any atom is -0.759 e. The van der Waals surface area contributed by atoms with Crippen LogP contribution in [-0.4, -0.2) is 17.5 Å². The molecule has 7 heteroatoms. The summed E-state index contributed by atoms with van der Waals surface area (Å²) in [7, 11) is -5.17. The SMILES string of the molecule is O=S(=O)([O-])[O-].[Co+2].[V+5]. The average Bonchev–Trinajstić information content (AvgIpc) is 0.722. The van der Waals surface area contributed by atoms with Gasteiger partial charge in [-0.3, -0.25) is 8.42 Å². The summed E-state index contributed by atoms with van der Waals surface area (Å²) in [5.41, 5.74) is 0. The van der Waals surface area contributed by atoms with Gasteiger partial charge in [0.25, 0.3) is 0 Å². The van der Waals surface area contributed by atoms with E-state index in [4.69, 9.17) is 17.5 Å². The maximum absolute atomic E-state index is 8.52. The van der Waals surface area contributed by atoms with Gasteiger partial charge in [0.2, 0.25) is 0 Å². The van der Waals surface area contributed by atoms with Crippen LogP contribution in [0.1, 0.15) is 0 Å². The van der Waals surface area contributed by atoms with Crippen molar-refractivity contribution in [3.05, 3.63) is 0 Å². The largest absolute Gasteiger partial charge is 5.00 e. The van der Waals surface area contributed by atoms with Gasteiger partial charge in [0.1, 0.15) is 0 Å². The van der Waals surface area contributed by atoms with E-state index in [2.05, 4.69) is 0 Å². The van der Waals surface area contributed by atoms with Crippen molar-refractivity contribution in [2.45, 2.75) is 0 Å². The summed E-state index contributed by atoms with van der Waals surface area (Å²) in [6, 6.07) is 0. The molecule has 0 spiro atoms. The second kappa shape index (κ2) is 5.10. The average molecular weight is 206 g/mol. The molecule has 0 rings (SSSR count). The monoisotopic (exact) mass is 206 g/mol. The topological polar surface area (TPSA) is 80.3 Å². The molecule has 1 radical (unpaired) electrons. The Morgan fingerprint density at radius 2 is 1.14 bits per heavy atom. The molecule has 0 aromatic heterocycles. The molecule has 0 aliphatic heterocycles. The summed E-state index contributed by atoms with van der Waals surface area (Å²) in [4.78, 5) is 0. The van der Waals surface area contributed by atoms with Crippen molar-refractivity contribution in [1.29, 1.82) is 0 Å². The molecule has 7 heavy (non-hydrogen) atoms. The molecule has 0 amide bonds. The maximum atomic E-state index is 8.52. The van der Waals surface area contributed by atoms with Crippen LogP contribution in [0.3, 0.4) is 0 Å². The Labute approximate surface area is 63.3 Å². The van der Waals surface area contributed by atoms with E-state index in [9.17, 15) is 0 Å². The fourth-order valence-corrected chi connectivity index (χ4v) is 0. The summed E-state index contributed by atoms with van der Waals surface area (Å²) in [5.74, 6) is 0. The van der Waals surface area contributed by atoms with Gasteiger partial charge >= 0.3 is 35.3 Å². The van der Waals surface area contributed by atoms with E-state index in [0.29, 0.717) is 0 Å². The van der Waals surface area contributed by atoms with Crippen LogP contribution in [-0.2, 0) is 45.7 Å². The quantitative estimate of drug-likeness (QED) is 0.362. The third-order valence-electron chi connectivity index (χ3n) is 0. The molecule has 0 unspecified atom stereocenters. The van der Waals surface area contributed by atoms with Crippen molar-refractivity contribution in [2.24, 2.45) is 0 Å². The number of hydrogen-bond acceptors (Lipinski definition) is 4. The number of hydrogen-bond donors (Lipinski definition) is 0. The van der Waals surface area contributed by atoms with E-state index < -0.39 is 10.4 Å². The van der Waals surface area contributed by atoms with E-state index in [1.165, 1.54) is 0 Å². The van der Waals surface area contributed by atoms with E-state index in [1.807, 2.05) is 0 Å². The molecule has 0 saturated heterocycles. The van der Waals surface area contributed by atoms with E-state index in [0.717, 1.165) is 0 Å². The summed E-state index contributed by atoms with van der Waals surface area (Å²) in [6.45, 7) is 0. The van der Waals surface area contributed by atoms with Gasteiger partial charge in [-0.1, -0.05) is 0 Å². The molecular weight excluding hydrogens is 206 g/mol. The standard InChI is InChI=1S/Co.H2O4S.V/c;1-5(2,3)4;/h;(H2,1,2,3,4);/q+2;;+5/p-2. The van der Waals surface area contributed by atoms with E-state index in [1.54, 1.807) is 0 Å². The van der Waals surface area contributed by atoms with E-state index >= 15 is 0 Å². The van der Waals surface area contributed by atoms with Gasteiger partial charge in [-0.25, -0.2) is 0 Å². The molecule has 0 fully saturated rings. The molecule has 0 aromatic rings. The van der Waals surface area contributed by atoms with Gasteiger partial charge in [0.15, 0.2) is 0 Å². The molecule has 0 saturated carbocycles. The van der Waals surface area contributed by atoms with Crippen LogP contribution in [0.4, 0.5) is 0 Å². The van der Waals surface area contributed by atoms with Crippen LogP contribution in [0.25, 0.3) is 0 Å². The zero-order valence-corrected chi connectivity index (χ0v) is 6.08. The summed E-state index contributed by atoms with van der Waals surface area (Å²) < 4.78 is 34.1. The Hall–Kier alpha value is 0.961. The van der Waals surface area contributed by atoms with Crippen molar-refractivity contribution >= 4 is 10.4 Å². The van der Waals surface area contributed by atoms with Crippen LogP contribution >= 0.6 is 0 Å². The Balaban J connectivity index is -0.0000000800. The maximum Gasteiger partial charge on any atom is 5.00 e. The van der Waals surface area contributed by atoms with Gasteiger partial charge in [0.05, 0.1) is 0 Å². The Kier molecular flexibility index (Phi) is 11.4. The van der Waals surface area contributed by atoms with Crippen LogP contribution in [0.5, 0.6) is 0 Å². The zero-order valence-electron chi connectivity index (χ0n) is 2.82. The normalized spacial score (nSPS) is 8.29. The summed E-state index contributed by atoms with van der Waals surface area (Å²) >= 11 is 0. The first-order chi connectivity index (χ1) is 2.00. The molecule has 4 nitrogen and oxygen atoms in total. The molecule has 0 N–H and O–H groups in total. The molecule has 0 aliphatic carbocycles. The van der Waals surface area contributed by atoms with E-state index in [-0.39, 0.29) is 35.3 Å². The first-order valence-electron chi connectivity index (χ1n) is 0.667. The predicted molar refractivity (Wildman–Crippen MR) is 10.5 cm³/mol. The van der Waals surface area contributed by atoms with Crippen LogP contribution in [0.2, 0.25) is 0 Å². The van der Waals surface area contributed by atoms with Crippen LogP contribution in [0.15, 0.2) is 0 Å². The fourth-order valence-electron chi connectivity index (χ4n) is 0. The summed E-state index contributed by atoms with van der Waals surface area (Å²) in [5, 5.41) is 0. The molecular formula is CoO4SV+5. The van der Waals surface area contributed by atoms with Crippen LogP contribution < -0.4 is 0 Å². The second-order valence-electron chi connectivity index (χ2n) is 0.408. The van der Waals surface area contributed by atoms with Crippen molar-refractivity contribution < 1.29 is 52.9 Å². The molecule has 39 valence electrons. The smallest absolute Gasteiger partial charge is 0.759 e. The Morgan fingerprint density at radius 3 is 1.14 bits per heavy atom. The van der Waals surface area contributed by atoms with Gasteiger partial charge in [-0.05, 0) is 0 Å². The fraction of sp³-hybridized carbons (Fsp3) is 0. The third kappa shape index (κ3) is 186. The number of rotatable bonds is 0. The molecule has 0 bridgehead atoms. The van der Waals surface area contributed by atoms with Crippen molar-refractivity contribution in [3.63, 3.8) is 0 Å². The zero-order chi connectivity index (χ0) is 4.50. The molecule has 0 heterocycles. The van der Waals surface area contributed by atoms with Crippen LogP contribution in [0, 0.1) is 0 Å². The first kappa shape index (κ1) is 15.7. The second-order valence-corrected chi connectivity index (χ2v) is 1.22. The predicted octanol–water partition coefficient (Wildman–Crippen LogP) is -1.34. The minimum atomic E-state index is -5.17. The van der Waals surface area contributed by atoms with Gasteiger partial charge in [0, 0.05) is 10.4 Å². The molecule has 0 aromatic carbocycles. The molecule has 0 aliphatic rings. The Morgan fingerprint density at radius 1 is 1.14 bits per heavy atom. The van der Waals surface area contributed by atoms with Gasteiger partial charge in [-0.2, -0.15) is 0 Å². The first-order valence-corrected chi connectivity index (χ1v) is 2.00. The Bertz CT molecular complexity index is 94.9. The third-order valence-corrected chi connectivity index (χ3v) is 0. The summed E-state index contributed by atoms with van der Waals surface area (Å²) in [6.07, 6.45) is 0. The van der Waals surface area contributed by atoms with Crippen molar-refractivity contribution in [3.8, 4) is 0 Å². The van der Waals surface area contributed by atoms with Gasteiger partial charge in [-0.15, -0.1) is 0 Å².